The zero-order chi connectivity index (χ0) is 7.54. The number of rotatable bonds is 0. The van der Waals surface area contributed by atoms with Crippen LogP contribution in [0.2, 0.25) is 0 Å². The average molecular weight is 244 g/mol. The van der Waals surface area contributed by atoms with E-state index >= 15 is 0 Å². The van der Waals surface area contributed by atoms with Gasteiger partial charge in [0.05, 0.1) is 0 Å². The van der Waals surface area contributed by atoms with Gasteiger partial charge in [0.25, 0.3) is 0 Å². The molecule has 1 aliphatic rings. The van der Waals surface area contributed by atoms with Gasteiger partial charge in [0.1, 0.15) is 0 Å². The van der Waals surface area contributed by atoms with Crippen molar-refractivity contribution >= 4 is 24.8 Å². The van der Waals surface area contributed by atoms with E-state index in [1.165, 1.54) is 0 Å². The molecule has 0 saturated heterocycles. The number of halogens is 2. The molecule has 12 heavy (non-hydrogen) atoms. The molecule has 0 atom stereocenters. The molecule has 0 bridgehead atoms. The molecule has 1 radical (unpaired) electrons. The fourth-order valence-electron chi connectivity index (χ4n) is 0.340. The summed E-state index contributed by atoms with van der Waals surface area (Å²) in [5, 5.41) is 0. The first kappa shape index (κ1) is 29.3. The molecular formula is C9H17Cl2Ti. The van der Waals surface area contributed by atoms with Crippen molar-refractivity contribution < 1.29 is 21.7 Å². The molecular weight excluding hydrogens is 227 g/mol. The zero-order valence-corrected chi connectivity index (χ0v) is 10.9. The predicted octanol–water partition coefficient (Wildman–Crippen LogP) is 3.83. The van der Waals surface area contributed by atoms with Gasteiger partial charge in [0, 0.05) is 0 Å². The van der Waals surface area contributed by atoms with E-state index in [0.29, 0.717) is 0 Å². The normalized spacial score (nSPS) is 8.33. The maximum absolute atomic E-state index is 3.25. The van der Waals surface area contributed by atoms with E-state index in [1.807, 2.05) is 12.2 Å². The Morgan fingerprint density at radius 3 is 1.58 bits per heavy atom. The molecule has 3 heteroatoms. The fourth-order valence-corrected chi connectivity index (χ4v) is 0.340. The van der Waals surface area contributed by atoms with Crippen molar-refractivity contribution in [2.75, 3.05) is 0 Å². The Kier molecular flexibility index (Phi) is 100. The van der Waals surface area contributed by atoms with Crippen LogP contribution in [0.3, 0.4) is 0 Å². The molecule has 0 unspecified atom stereocenters. The van der Waals surface area contributed by atoms with Crippen LogP contribution >= 0.6 is 24.8 Å². The van der Waals surface area contributed by atoms with Gasteiger partial charge in [-0.15, -0.1) is 31.2 Å². The van der Waals surface area contributed by atoms with Gasteiger partial charge in [0.2, 0.25) is 0 Å². The monoisotopic (exact) mass is 243 g/mol. The Bertz CT molecular complexity index is 70.6. The average Bonchev–Trinajstić information content (AvgIpc) is 2.51. The minimum absolute atomic E-state index is 0. The van der Waals surface area contributed by atoms with E-state index in [2.05, 4.69) is 26.0 Å². The molecule has 0 amide bonds. The van der Waals surface area contributed by atoms with E-state index in [-0.39, 0.29) is 46.5 Å². The van der Waals surface area contributed by atoms with Crippen molar-refractivity contribution in [1.82, 2.24) is 0 Å². The molecule has 1 aliphatic carbocycles. The fraction of sp³-hybridized carbons (Fsp3) is 0.333. The molecule has 0 heterocycles. The van der Waals surface area contributed by atoms with Gasteiger partial charge < -0.3 is 13.8 Å². The van der Waals surface area contributed by atoms with E-state index in [1.54, 1.807) is 13.8 Å². The van der Waals surface area contributed by atoms with Crippen LogP contribution in [0.4, 0.5) is 0 Å². The summed E-state index contributed by atoms with van der Waals surface area (Å²) in [6.45, 7) is 10.0. The first-order chi connectivity index (χ1) is 4.50. The second-order valence-corrected chi connectivity index (χ2v) is 1.00. The Morgan fingerprint density at radius 2 is 1.50 bits per heavy atom. The van der Waals surface area contributed by atoms with E-state index in [0.717, 1.165) is 6.42 Å². The van der Waals surface area contributed by atoms with Crippen LogP contribution in [0, 0.1) is 19.9 Å². The summed E-state index contributed by atoms with van der Waals surface area (Å²) < 4.78 is 0. The third kappa shape index (κ3) is 30.9. The van der Waals surface area contributed by atoms with Crippen molar-refractivity contribution in [3.05, 3.63) is 38.2 Å². The molecule has 0 spiro atoms. The molecule has 0 aromatic rings. The van der Waals surface area contributed by atoms with Crippen molar-refractivity contribution in [1.29, 1.82) is 0 Å². The summed E-state index contributed by atoms with van der Waals surface area (Å²) in [6, 6.07) is 0. The summed E-state index contributed by atoms with van der Waals surface area (Å²) in [7, 11) is 0. The van der Waals surface area contributed by atoms with Crippen molar-refractivity contribution in [3.63, 3.8) is 0 Å². The number of allylic oxidation sites excluding steroid dienone is 4. The van der Waals surface area contributed by atoms with Crippen molar-refractivity contribution in [3.8, 4) is 0 Å². The number of hydrogen-bond donors (Lipinski definition) is 0. The zero-order valence-electron chi connectivity index (χ0n) is 7.67. The minimum atomic E-state index is 0. The summed E-state index contributed by atoms with van der Waals surface area (Å²) >= 11 is 0. The molecule has 0 aromatic heterocycles. The maximum Gasteiger partial charge on any atom is 3.00 e. The SMILES string of the molecule is Cl.Cl.[C-]1=CC=CC1.[CH2-]C.[CH2-]C.[Ti+3]. The smallest absolute Gasteiger partial charge is 0.346 e. The Hall–Kier alpha value is 0.774. The van der Waals surface area contributed by atoms with Crippen LogP contribution in [0.5, 0.6) is 0 Å². The summed E-state index contributed by atoms with van der Waals surface area (Å²) in [5.41, 5.74) is 0. The topological polar surface area (TPSA) is 0 Å². The van der Waals surface area contributed by atoms with Crippen LogP contribution in [0.1, 0.15) is 20.3 Å². The van der Waals surface area contributed by atoms with E-state index in [9.17, 15) is 0 Å². The van der Waals surface area contributed by atoms with Gasteiger partial charge >= 0.3 is 21.7 Å². The molecule has 0 aromatic carbocycles. The summed E-state index contributed by atoms with van der Waals surface area (Å²) in [6.07, 6.45) is 10.0. The molecule has 0 N–H and O–H groups in total. The van der Waals surface area contributed by atoms with Crippen LogP contribution in [-0.2, 0) is 21.7 Å². The van der Waals surface area contributed by atoms with E-state index in [4.69, 9.17) is 0 Å². The summed E-state index contributed by atoms with van der Waals surface area (Å²) in [5.74, 6) is 0. The molecule has 0 nitrogen and oxygen atoms in total. The van der Waals surface area contributed by atoms with Gasteiger partial charge in [-0.25, -0.2) is 12.2 Å². The van der Waals surface area contributed by atoms with Crippen LogP contribution in [0.15, 0.2) is 18.2 Å². The second-order valence-electron chi connectivity index (χ2n) is 1.00. The molecule has 0 aliphatic heterocycles. The first-order valence-corrected chi connectivity index (χ1v) is 3.13. The Morgan fingerprint density at radius 1 is 1.08 bits per heavy atom. The third-order valence-electron chi connectivity index (χ3n) is 0.586. The quantitative estimate of drug-likeness (QED) is 0.448. The van der Waals surface area contributed by atoms with Gasteiger partial charge in [-0.1, -0.05) is 0 Å². The largest absolute Gasteiger partial charge is 3.00 e. The van der Waals surface area contributed by atoms with Crippen LogP contribution in [-0.4, -0.2) is 0 Å². The molecule has 71 valence electrons. The summed E-state index contributed by atoms with van der Waals surface area (Å²) in [4.78, 5) is 0. The molecule has 1 rings (SSSR count). The van der Waals surface area contributed by atoms with Gasteiger partial charge in [-0.2, -0.15) is 19.9 Å². The maximum atomic E-state index is 3.25. The van der Waals surface area contributed by atoms with Crippen molar-refractivity contribution in [2.24, 2.45) is 0 Å². The number of hydrogen-bond acceptors (Lipinski definition) is 0. The van der Waals surface area contributed by atoms with Gasteiger partial charge in [-0.05, 0) is 0 Å². The standard InChI is InChI=1S/C5H5.2C2H5.2ClH.Ti/c1-2-4-5-3-1;2*1-2;;;/h1-3H,4H2;2*1H2,2H3;2*1H;/q3*-1;;;+3. The second kappa shape index (κ2) is 41.0. The third-order valence-corrected chi connectivity index (χ3v) is 0.586. The first-order valence-electron chi connectivity index (χ1n) is 3.13. The predicted molar refractivity (Wildman–Crippen MR) is 58.1 cm³/mol. The van der Waals surface area contributed by atoms with Crippen molar-refractivity contribution in [2.45, 2.75) is 20.3 Å². The van der Waals surface area contributed by atoms with Crippen LogP contribution < -0.4 is 0 Å². The van der Waals surface area contributed by atoms with Crippen LogP contribution in [0.25, 0.3) is 0 Å². The Balaban J connectivity index is -0.0000000213. The van der Waals surface area contributed by atoms with Gasteiger partial charge in [-0.3, -0.25) is 6.08 Å². The van der Waals surface area contributed by atoms with Gasteiger partial charge in [0.15, 0.2) is 0 Å². The Labute approximate surface area is 105 Å². The van der Waals surface area contributed by atoms with E-state index < -0.39 is 0 Å². The molecule has 0 fully saturated rings. The molecule has 0 saturated carbocycles. The minimum Gasteiger partial charge on any atom is -0.346 e.